The van der Waals surface area contributed by atoms with Crippen molar-refractivity contribution in [3.63, 3.8) is 0 Å². The molecule has 92 valence electrons. The summed E-state index contributed by atoms with van der Waals surface area (Å²) in [6.07, 6.45) is 1.99. The maximum Gasteiger partial charge on any atom is 0.323 e. The average Bonchev–Trinajstić information content (AvgIpc) is 2.35. The Morgan fingerprint density at radius 2 is 1.94 bits per heavy atom. The lowest BCUT2D eigenvalue weighted by atomic mass is 9.88. The van der Waals surface area contributed by atoms with Gasteiger partial charge < -0.3 is 15.6 Å². The Hall–Kier alpha value is -1.68. The molecule has 3 N–H and O–H groups in total. The van der Waals surface area contributed by atoms with Crippen molar-refractivity contribution >= 4 is 12.3 Å². The number of carbonyl (C=O) groups is 2. The van der Waals surface area contributed by atoms with Crippen molar-refractivity contribution in [2.75, 3.05) is 0 Å². The smallest absolute Gasteiger partial charge is 0.323 e. The van der Waals surface area contributed by atoms with Gasteiger partial charge >= 0.3 is 5.97 Å². The average molecular weight is 235 g/mol. The number of aldehydes is 1. The van der Waals surface area contributed by atoms with Crippen LogP contribution in [0.25, 0.3) is 0 Å². The molecule has 1 atom stereocenters. The van der Waals surface area contributed by atoms with Gasteiger partial charge in [0.15, 0.2) is 0 Å². The molecule has 4 nitrogen and oxygen atoms in total. The second-order valence-corrected chi connectivity index (χ2v) is 4.15. The van der Waals surface area contributed by atoms with Crippen LogP contribution in [0.15, 0.2) is 30.3 Å². The van der Waals surface area contributed by atoms with E-state index < -0.39 is 11.5 Å². The standard InChI is InChI=1S/C13H17NO3/c14-13(12(16)17,8-4-10-15)9-7-11-5-2-1-3-6-11/h1-3,5-6,10H,4,7-9,14H2,(H,16,17). The molecule has 17 heavy (non-hydrogen) atoms. The van der Waals surface area contributed by atoms with Crippen LogP contribution in [-0.2, 0) is 16.0 Å². The molecule has 0 saturated heterocycles. The van der Waals surface area contributed by atoms with E-state index in [1.165, 1.54) is 0 Å². The van der Waals surface area contributed by atoms with E-state index in [1.807, 2.05) is 30.3 Å². The lowest BCUT2D eigenvalue weighted by Gasteiger charge is -2.23. The molecule has 1 rings (SSSR count). The number of aryl methyl sites for hydroxylation is 1. The van der Waals surface area contributed by atoms with Crippen molar-refractivity contribution in [1.82, 2.24) is 0 Å². The number of carboxylic acids is 1. The molecule has 0 heterocycles. The fraction of sp³-hybridized carbons (Fsp3) is 0.385. The Kier molecular flexibility index (Phi) is 4.84. The Bertz CT molecular complexity index is 378. The van der Waals surface area contributed by atoms with E-state index in [2.05, 4.69) is 0 Å². The molecule has 1 unspecified atom stereocenters. The monoisotopic (exact) mass is 235 g/mol. The molecule has 4 heteroatoms. The van der Waals surface area contributed by atoms with E-state index in [9.17, 15) is 9.59 Å². The van der Waals surface area contributed by atoms with Crippen LogP contribution in [0.5, 0.6) is 0 Å². The Balaban J connectivity index is 2.61. The Morgan fingerprint density at radius 3 is 2.47 bits per heavy atom. The quantitative estimate of drug-likeness (QED) is 0.700. The minimum Gasteiger partial charge on any atom is -0.480 e. The van der Waals surface area contributed by atoms with E-state index in [0.717, 1.165) is 5.56 Å². The molecule has 0 amide bonds. The minimum absolute atomic E-state index is 0.178. The predicted molar refractivity (Wildman–Crippen MR) is 64.6 cm³/mol. The highest BCUT2D eigenvalue weighted by atomic mass is 16.4. The SMILES string of the molecule is NC(CCC=O)(CCc1ccccc1)C(=O)O. The van der Waals surface area contributed by atoms with Gasteiger partial charge in [-0.05, 0) is 24.8 Å². The van der Waals surface area contributed by atoms with Crippen molar-refractivity contribution < 1.29 is 14.7 Å². The third-order valence-electron chi connectivity index (χ3n) is 2.84. The lowest BCUT2D eigenvalue weighted by molar-refractivity contribution is -0.144. The maximum atomic E-state index is 11.1. The van der Waals surface area contributed by atoms with Crippen LogP contribution in [-0.4, -0.2) is 22.9 Å². The highest BCUT2D eigenvalue weighted by molar-refractivity contribution is 5.78. The number of aliphatic carboxylic acids is 1. The van der Waals surface area contributed by atoms with E-state index in [0.29, 0.717) is 19.1 Å². The summed E-state index contributed by atoms with van der Waals surface area (Å²) in [5.74, 6) is -1.05. The normalized spacial score (nSPS) is 13.9. The molecular formula is C13H17NO3. The minimum atomic E-state index is -1.31. The highest BCUT2D eigenvalue weighted by Crippen LogP contribution is 2.17. The first-order valence-electron chi connectivity index (χ1n) is 5.58. The summed E-state index contributed by atoms with van der Waals surface area (Å²) in [5, 5.41) is 9.10. The van der Waals surface area contributed by atoms with Gasteiger partial charge in [-0.25, -0.2) is 0 Å². The number of nitrogens with two attached hydrogens (primary N) is 1. The van der Waals surface area contributed by atoms with Crippen LogP contribution in [0.2, 0.25) is 0 Å². The fourth-order valence-electron chi connectivity index (χ4n) is 1.67. The molecule has 1 aromatic carbocycles. The van der Waals surface area contributed by atoms with Gasteiger partial charge in [0.2, 0.25) is 0 Å². The molecule has 0 fully saturated rings. The summed E-state index contributed by atoms with van der Waals surface area (Å²) < 4.78 is 0. The molecule has 0 aliphatic rings. The Labute approximate surface area is 100 Å². The van der Waals surface area contributed by atoms with Crippen molar-refractivity contribution in [1.29, 1.82) is 0 Å². The summed E-state index contributed by atoms with van der Waals surface area (Å²) in [4.78, 5) is 21.4. The molecule has 0 spiro atoms. The van der Waals surface area contributed by atoms with Crippen LogP contribution in [0, 0.1) is 0 Å². The van der Waals surface area contributed by atoms with Crippen molar-refractivity contribution in [2.24, 2.45) is 5.73 Å². The highest BCUT2D eigenvalue weighted by Gasteiger charge is 2.32. The van der Waals surface area contributed by atoms with Crippen LogP contribution in [0.1, 0.15) is 24.8 Å². The van der Waals surface area contributed by atoms with Gasteiger partial charge in [0.05, 0.1) is 0 Å². The zero-order valence-corrected chi connectivity index (χ0v) is 9.63. The molecule has 1 aromatic rings. The summed E-state index contributed by atoms with van der Waals surface area (Å²) in [7, 11) is 0. The van der Waals surface area contributed by atoms with E-state index >= 15 is 0 Å². The van der Waals surface area contributed by atoms with Crippen LogP contribution in [0.4, 0.5) is 0 Å². The zero-order valence-electron chi connectivity index (χ0n) is 9.63. The van der Waals surface area contributed by atoms with Crippen molar-refractivity contribution in [2.45, 2.75) is 31.2 Å². The van der Waals surface area contributed by atoms with Gasteiger partial charge in [-0.1, -0.05) is 30.3 Å². The van der Waals surface area contributed by atoms with E-state index in [-0.39, 0.29) is 12.8 Å². The van der Waals surface area contributed by atoms with Crippen LogP contribution >= 0.6 is 0 Å². The molecule has 0 radical (unpaired) electrons. The van der Waals surface area contributed by atoms with Gasteiger partial charge in [-0.2, -0.15) is 0 Å². The predicted octanol–water partition coefficient (Wildman–Crippen LogP) is 1.38. The second kappa shape index (κ2) is 6.15. The van der Waals surface area contributed by atoms with Gasteiger partial charge in [0.1, 0.15) is 11.8 Å². The van der Waals surface area contributed by atoms with Gasteiger partial charge in [0, 0.05) is 6.42 Å². The maximum absolute atomic E-state index is 11.1. The van der Waals surface area contributed by atoms with E-state index in [4.69, 9.17) is 10.8 Å². The molecule has 0 aliphatic carbocycles. The number of hydrogen-bond donors (Lipinski definition) is 2. The van der Waals surface area contributed by atoms with Crippen LogP contribution in [0.3, 0.4) is 0 Å². The van der Waals surface area contributed by atoms with Gasteiger partial charge in [0.25, 0.3) is 0 Å². The largest absolute Gasteiger partial charge is 0.480 e. The number of hydrogen-bond acceptors (Lipinski definition) is 3. The molecule has 0 aliphatic heterocycles. The first kappa shape index (κ1) is 13.4. The fourth-order valence-corrected chi connectivity index (χ4v) is 1.67. The summed E-state index contributed by atoms with van der Waals surface area (Å²) in [5.41, 5.74) is 5.56. The van der Waals surface area contributed by atoms with Crippen molar-refractivity contribution in [3.05, 3.63) is 35.9 Å². The third kappa shape index (κ3) is 4.00. The number of benzene rings is 1. The topological polar surface area (TPSA) is 80.4 Å². The van der Waals surface area contributed by atoms with Crippen molar-refractivity contribution in [3.8, 4) is 0 Å². The second-order valence-electron chi connectivity index (χ2n) is 4.15. The third-order valence-corrected chi connectivity index (χ3v) is 2.84. The Morgan fingerprint density at radius 1 is 1.29 bits per heavy atom. The summed E-state index contributed by atoms with van der Waals surface area (Å²) >= 11 is 0. The number of rotatable bonds is 7. The molecule has 0 aromatic heterocycles. The first-order chi connectivity index (χ1) is 8.08. The number of carboxylic acid groups (broad SMARTS) is 1. The molecule has 0 bridgehead atoms. The molecular weight excluding hydrogens is 218 g/mol. The zero-order chi connectivity index (χ0) is 12.7. The summed E-state index contributed by atoms with van der Waals surface area (Å²) in [6.45, 7) is 0. The number of carbonyl (C=O) groups excluding carboxylic acids is 1. The van der Waals surface area contributed by atoms with Gasteiger partial charge in [-0.3, -0.25) is 4.79 Å². The summed E-state index contributed by atoms with van der Waals surface area (Å²) in [6, 6.07) is 9.58. The lowest BCUT2D eigenvalue weighted by Crippen LogP contribution is -2.48. The van der Waals surface area contributed by atoms with Gasteiger partial charge in [-0.15, -0.1) is 0 Å². The first-order valence-corrected chi connectivity index (χ1v) is 5.58. The van der Waals surface area contributed by atoms with E-state index in [1.54, 1.807) is 0 Å². The molecule has 0 saturated carbocycles. The van der Waals surface area contributed by atoms with Crippen LogP contribution < -0.4 is 5.73 Å².